The molecule has 0 radical (unpaired) electrons. The second kappa shape index (κ2) is 4.72. The topological polar surface area (TPSA) is 61.7 Å². The second-order valence-corrected chi connectivity index (χ2v) is 4.04. The van der Waals surface area contributed by atoms with Crippen molar-refractivity contribution in [3.8, 4) is 11.5 Å². The number of phenolic OH excluding ortho intramolecular Hbond substituents is 1. The van der Waals surface area contributed by atoms with Gasteiger partial charge in [-0.3, -0.25) is 0 Å². The van der Waals surface area contributed by atoms with E-state index in [0.29, 0.717) is 6.61 Å². The molecule has 3 N–H and O–H groups in total. The number of ether oxygens (including phenoxy) is 1. The Balaban J connectivity index is 2.11. The van der Waals surface area contributed by atoms with E-state index in [0.717, 1.165) is 17.7 Å². The maximum atomic E-state index is 9.32. The van der Waals surface area contributed by atoms with Gasteiger partial charge in [-0.05, 0) is 18.6 Å². The van der Waals surface area contributed by atoms with E-state index in [-0.39, 0.29) is 24.4 Å². The highest BCUT2D eigenvalue weighted by atomic mass is 16.5. The lowest BCUT2D eigenvalue weighted by Gasteiger charge is -2.18. The predicted molar refractivity (Wildman–Crippen MR) is 60.6 cm³/mol. The van der Waals surface area contributed by atoms with Gasteiger partial charge < -0.3 is 20.3 Å². The molecule has 16 heavy (non-hydrogen) atoms. The second-order valence-electron chi connectivity index (χ2n) is 4.04. The SMILES string of the molecule is CC[C@H](CO)NC1COc2cc(O)ccc21. The number of nitrogens with one attached hydrogen (secondary N) is 1. The fourth-order valence-electron chi connectivity index (χ4n) is 1.92. The molecular formula is C12H17NO3. The summed E-state index contributed by atoms with van der Waals surface area (Å²) in [5.74, 6) is 0.943. The van der Waals surface area contributed by atoms with E-state index in [2.05, 4.69) is 5.32 Å². The molecule has 0 saturated heterocycles. The van der Waals surface area contributed by atoms with Crippen LogP contribution in [0.1, 0.15) is 24.9 Å². The Morgan fingerprint density at radius 1 is 1.56 bits per heavy atom. The zero-order chi connectivity index (χ0) is 11.5. The van der Waals surface area contributed by atoms with Crippen molar-refractivity contribution in [3.63, 3.8) is 0 Å². The van der Waals surface area contributed by atoms with E-state index < -0.39 is 0 Å². The van der Waals surface area contributed by atoms with Crippen LogP contribution < -0.4 is 10.1 Å². The van der Waals surface area contributed by atoms with Crippen molar-refractivity contribution in [1.29, 1.82) is 0 Å². The fraction of sp³-hybridized carbons (Fsp3) is 0.500. The van der Waals surface area contributed by atoms with Gasteiger partial charge in [0.25, 0.3) is 0 Å². The van der Waals surface area contributed by atoms with Gasteiger partial charge in [0, 0.05) is 17.7 Å². The van der Waals surface area contributed by atoms with Crippen LogP contribution in [0.5, 0.6) is 11.5 Å². The smallest absolute Gasteiger partial charge is 0.127 e. The number of phenols is 1. The Morgan fingerprint density at radius 3 is 3.06 bits per heavy atom. The first kappa shape index (κ1) is 11.2. The van der Waals surface area contributed by atoms with Gasteiger partial charge in [0.1, 0.15) is 18.1 Å². The molecule has 88 valence electrons. The largest absolute Gasteiger partial charge is 0.508 e. The monoisotopic (exact) mass is 223 g/mol. The number of hydrogen-bond acceptors (Lipinski definition) is 4. The first-order valence-corrected chi connectivity index (χ1v) is 5.57. The first-order chi connectivity index (χ1) is 7.74. The maximum absolute atomic E-state index is 9.32. The minimum atomic E-state index is 0.0911. The third-order valence-corrected chi connectivity index (χ3v) is 2.93. The summed E-state index contributed by atoms with van der Waals surface area (Å²) >= 11 is 0. The third-order valence-electron chi connectivity index (χ3n) is 2.93. The molecule has 4 nitrogen and oxygen atoms in total. The van der Waals surface area contributed by atoms with Crippen LogP contribution in [0.25, 0.3) is 0 Å². The van der Waals surface area contributed by atoms with E-state index in [1.165, 1.54) is 0 Å². The van der Waals surface area contributed by atoms with Gasteiger partial charge in [0.15, 0.2) is 0 Å². The average Bonchev–Trinajstić information content (AvgIpc) is 2.68. The number of aliphatic hydroxyl groups is 1. The molecule has 0 aromatic heterocycles. The summed E-state index contributed by atoms with van der Waals surface area (Å²) in [4.78, 5) is 0. The molecule has 0 fully saturated rings. The first-order valence-electron chi connectivity index (χ1n) is 5.57. The lowest BCUT2D eigenvalue weighted by Crippen LogP contribution is -2.35. The highest BCUT2D eigenvalue weighted by molar-refractivity contribution is 5.44. The highest BCUT2D eigenvalue weighted by Crippen LogP contribution is 2.35. The van der Waals surface area contributed by atoms with Gasteiger partial charge in [0.2, 0.25) is 0 Å². The molecule has 4 heteroatoms. The van der Waals surface area contributed by atoms with Crippen molar-refractivity contribution in [2.45, 2.75) is 25.4 Å². The molecule has 1 aliphatic rings. The summed E-state index contributed by atoms with van der Waals surface area (Å²) in [5.41, 5.74) is 1.05. The van der Waals surface area contributed by atoms with E-state index in [1.54, 1.807) is 12.1 Å². The summed E-state index contributed by atoms with van der Waals surface area (Å²) < 4.78 is 5.48. The zero-order valence-corrected chi connectivity index (χ0v) is 9.31. The van der Waals surface area contributed by atoms with Gasteiger partial charge in [-0.25, -0.2) is 0 Å². The summed E-state index contributed by atoms with van der Waals surface area (Å²) in [5, 5.41) is 21.8. The molecule has 1 aromatic rings. The molecule has 2 atom stereocenters. The van der Waals surface area contributed by atoms with Crippen LogP contribution in [0.2, 0.25) is 0 Å². The van der Waals surface area contributed by atoms with Gasteiger partial charge >= 0.3 is 0 Å². The van der Waals surface area contributed by atoms with E-state index in [4.69, 9.17) is 9.84 Å². The zero-order valence-electron chi connectivity index (χ0n) is 9.31. The normalized spacial score (nSPS) is 20.2. The molecule has 0 bridgehead atoms. The van der Waals surface area contributed by atoms with Crippen LogP contribution in [0.15, 0.2) is 18.2 Å². The summed E-state index contributed by atoms with van der Waals surface area (Å²) in [7, 11) is 0. The van der Waals surface area contributed by atoms with Crippen molar-refractivity contribution in [3.05, 3.63) is 23.8 Å². The van der Waals surface area contributed by atoms with Gasteiger partial charge in [-0.15, -0.1) is 0 Å². The van der Waals surface area contributed by atoms with Crippen molar-refractivity contribution in [1.82, 2.24) is 5.32 Å². The van der Waals surface area contributed by atoms with Crippen molar-refractivity contribution in [2.24, 2.45) is 0 Å². The Labute approximate surface area is 94.9 Å². The van der Waals surface area contributed by atoms with Gasteiger partial charge in [-0.2, -0.15) is 0 Å². The van der Waals surface area contributed by atoms with Crippen LogP contribution in [-0.4, -0.2) is 29.5 Å². The molecule has 0 spiro atoms. The van der Waals surface area contributed by atoms with E-state index in [1.807, 2.05) is 13.0 Å². The average molecular weight is 223 g/mol. The Kier molecular flexibility index (Phi) is 3.31. The lowest BCUT2D eigenvalue weighted by atomic mass is 10.1. The molecule has 1 unspecified atom stereocenters. The third kappa shape index (κ3) is 2.13. The number of aromatic hydroxyl groups is 1. The minimum Gasteiger partial charge on any atom is -0.508 e. The molecule has 0 saturated carbocycles. The molecule has 1 heterocycles. The van der Waals surface area contributed by atoms with Crippen molar-refractivity contribution >= 4 is 0 Å². The van der Waals surface area contributed by atoms with E-state index in [9.17, 15) is 5.11 Å². The predicted octanol–water partition coefficient (Wildman–Crippen LogP) is 1.19. The molecule has 0 aliphatic carbocycles. The number of hydrogen-bond donors (Lipinski definition) is 3. The standard InChI is InChI=1S/C12H17NO3/c1-2-8(6-14)13-11-7-16-12-5-9(15)3-4-10(11)12/h3-5,8,11,13-15H,2,6-7H2,1H3/t8-,11?/m1/s1. The maximum Gasteiger partial charge on any atom is 0.127 e. The molecule has 1 aliphatic heterocycles. The van der Waals surface area contributed by atoms with Crippen LogP contribution in [-0.2, 0) is 0 Å². The Bertz CT molecular complexity index is 363. The molecular weight excluding hydrogens is 206 g/mol. The summed E-state index contributed by atoms with van der Waals surface area (Å²) in [6, 6.07) is 5.33. The highest BCUT2D eigenvalue weighted by Gasteiger charge is 2.25. The fourth-order valence-corrected chi connectivity index (χ4v) is 1.92. The number of rotatable bonds is 4. The van der Waals surface area contributed by atoms with Crippen LogP contribution in [0, 0.1) is 0 Å². The molecule has 0 amide bonds. The lowest BCUT2D eigenvalue weighted by molar-refractivity contribution is 0.215. The van der Waals surface area contributed by atoms with Crippen molar-refractivity contribution < 1.29 is 14.9 Å². The van der Waals surface area contributed by atoms with Gasteiger partial charge in [0.05, 0.1) is 12.6 Å². The molecule has 1 aromatic carbocycles. The quantitative estimate of drug-likeness (QED) is 0.717. The van der Waals surface area contributed by atoms with Crippen LogP contribution in [0.3, 0.4) is 0 Å². The van der Waals surface area contributed by atoms with Crippen molar-refractivity contribution in [2.75, 3.05) is 13.2 Å². The minimum absolute atomic E-state index is 0.0911. The summed E-state index contributed by atoms with van der Waals surface area (Å²) in [6.45, 7) is 2.71. The number of aliphatic hydroxyl groups excluding tert-OH is 1. The summed E-state index contributed by atoms with van der Waals surface area (Å²) in [6.07, 6.45) is 0.875. The number of benzene rings is 1. The Hall–Kier alpha value is -1.26. The molecule has 2 rings (SSSR count). The number of fused-ring (bicyclic) bond motifs is 1. The van der Waals surface area contributed by atoms with Crippen LogP contribution in [0.4, 0.5) is 0 Å². The van der Waals surface area contributed by atoms with Gasteiger partial charge in [-0.1, -0.05) is 6.92 Å². The van der Waals surface area contributed by atoms with Crippen LogP contribution >= 0.6 is 0 Å². The Morgan fingerprint density at radius 2 is 2.38 bits per heavy atom. The van der Waals surface area contributed by atoms with E-state index >= 15 is 0 Å².